The Morgan fingerprint density at radius 1 is 0.604 bits per heavy atom. The van der Waals surface area contributed by atoms with Crippen LogP contribution < -0.4 is 10.2 Å². The maximum absolute atomic E-state index is 6.81. The second-order valence-corrected chi connectivity index (χ2v) is 14.4. The number of hydrogen-bond donors (Lipinski definition) is 1. The molecule has 5 nitrogen and oxygen atoms in total. The van der Waals surface area contributed by atoms with Gasteiger partial charge < -0.3 is 24.9 Å². The van der Waals surface area contributed by atoms with E-state index in [1.54, 1.807) is 0 Å². The molecule has 0 fully saturated rings. The van der Waals surface area contributed by atoms with E-state index in [0.717, 1.165) is 55.4 Å². The number of nitrogens with zero attached hydrogens (tertiary/aromatic N) is 3. The van der Waals surface area contributed by atoms with Gasteiger partial charge in [-0.3, -0.25) is 0 Å². The SMILES string of the molecule is CC1(C)c2ccccc2N(c2ccccc2)c2ccc(-c3cccc4c3oc3cc(C5=NC(c6ccccc6)NC(c6ccccc6)[N-]5)ccc34)cc21. The molecule has 1 N–H and O–H groups in total. The van der Waals surface area contributed by atoms with Gasteiger partial charge in [0.25, 0.3) is 0 Å². The third kappa shape index (κ3) is 5.23. The molecule has 2 unspecified atom stereocenters. The number of furan rings is 1. The Kier molecular flexibility index (Phi) is 7.31. The van der Waals surface area contributed by atoms with Crippen molar-refractivity contribution in [3.8, 4) is 11.1 Å². The van der Waals surface area contributed by atoms with Crippen molar-refractivity contribution < 1.29 is 4.42 Å². The standard InChI is InChI=1S/C48H37N4O/c1-48(2)39-23-12-13-24-41(39)52(35-19-10-5-11-20-35)42-28-26-33(29-40(42)48)36-21-14-22-38-37-27-25-34(30-43(37)53-44(36)38)47-50-45(31-15-6-3-7-16-31)49-46(51-47)32-17-8-4-9-18-32/h3-30,45-46,49H,1-2H3/q-1. The summed E-state index contributed by atoms with van der Waals surface area (Å²) in [4.78, 5) is 7.51. The van der Waals surface area contributed by atoms with Crippen molar-refractivity contribution in [3.63, 3.8) is 0 Å². The summed E-state index contributed by atoms with van der Waals surface area (Å²) in [5, 5.41) is 10.9. The van der Waals surface area contributed by atoms with Crippen LogP contribution in [0.4, 0.5) is 17.1 Å². The fourth-order valence-electron chi connectivity index (χ4n) is 8.15. The van der Waals surface area contributed by atoms with E-state index in [2.05, 4.69) is 182 Å². The molecule has 5 heteroatoms. The van der Waals surface area contributed by atoms with Gasteiger partial charge >= 0.3 is 0 Å². The second-order valence-electron chi connectivity index (χ2n) is 14.4. The van der Waals surface area contributed by atoms with Crippen LogP contribution in [0.3, 0.4) is 0 Å². The maximum atomic E-state index is 6.81. The van der Waals surface area contributed by atoms with Gasteiger partial charge in [0.15, 0.2) is 0 Å². The van der Waals surface area contributed by atoms with Gasteiger partial charge in [-0.2, -0.15) is 0 Å². The molecule has 0 bridgehead atoms. The van der Waals surface area contributed by atoms with E-state index >= 15 is 0 Å². The molecule has 7 aromatic carbocycles. The molecule has 8 aromatic rings. The summed E-state index contributed by atoms with van der Waals surface area (Å²) in [6.45, 7) is 4.67. The van der Waals surface area contributed by atoms with Crippen molar-refractivity contribution in [1.29, 1.82) is 0 Å². The van der Waals surface area contributed by atoms with Crippen LogP contribution in [-0.2, 0) is 5.41 Å². The lowest BCUT2D eigenvalue weighted by Crippen LogP contribution is -2.31. The van der Waals surface area contributed by atoms with Crippen LogP contribution in [0.1, 0.15) is 54.0 Å². The van der Waals surface area contributed by atoms with Gasteiger partial charge in [0.2, 0.25) is 0 Å². The molecule has 1 aromatic heterocycles. The fraction of sp³-hybridized carbons (Fsp3) is 0.104. The van der Waals surface area contributed by atoms with E-state index in [1.165, 1.54) is 22.5 Å². The lowest BCUT2D eigenvalue weighted by atomic mass is 9.73. The molecular weight excluding hydrogens is 649 g/mol. The smallest absolute Gasteiger partial charge is 0.143 e. The van der Waals surface area contributed by atoms with Crippen LogP contribution in [0.25, 0.3) is 38.4 Å². The van der Waals surface area contributed by atoms with Crippen molar-refractivity contribution in [3.05, 3.63) is 203 Å². The average Bonchev–Trinajstić information content (AvgIpc) is 3.60. The molecule has 2 aliphatic heterocycles. The molecule has 0 radical (unpaired) electrons. The highest BCUT2D eigenvalue weighted by molar-refractivity contribution is 6.14. The minimum absolute atomic E-state index is 0.210. The summed E-state index contributed by atoms with van der Waals surface area (Å²) in [7, 11) is 0. The largest absolute Gasteiger partial charge is 0.455 e. The summed E-state index contributed by atoms with van der Waals surface area (Å²) >= 11 is 0. The van der Waals surface area contributed by atoms with Crippen molar-refractivity contribution >= 4 is 44.8 Å². The van der Waals surface area contributed by atoms with Gasteiger partial charge in [-0.15, -0.1) is 0 Å². The van der Waals surface area contributed by atoms with E-state index in [0.29, 0.717) is 5.84 Å². The van der Waals surface area contributed by atoms with Crippen LogP contribution >= 0.6 is 0 Å². The summed E-state index contributed by atoms with van der Waals surface area (Å²) in [5.74, 6) is 0.703. The molecule has 10 rings (SSSR count). The van der Waals surface area contributed by atoms with Gasteiger partial charge in [0.05, 0.1) is 11.4 Å². The summed E-state index contributed by atoms with van der Waals surface area (Å²) in [6.07, 6.45) is -0.463. The van der Waals surface area contributed by atoms with E-state index in [1.807, 2.05) is 12.1 Å². The zero-order valence-electron chi connectivity index (χ0n) is 29.6. The molecular formula is C48H37N4O-. The minimum Gasteiger partial charge on any atom is -0.455 e. The third-order valence-electron chi connectivity index (χ3n) is 10.9. The first-order valence-corrected chi connectivity index (χ1v) is 18.2. The minimum atomic E-state index is -0.232. The molecule has 0 saturated carbocycles. The topological polar surface area (TPSA) is 54.9 Å². The van der Waals surface area contributed by atoms with Crippen LogP contribution in [0.5, 0.6) is 0 Å². The highest BCUT2D eigenvalue weighted by Crippen LogP contribution is 2.53. The van der Waals surface area contributed by atoms with E-state index in [-0.39, 0.29) is 17.7 Å². The van der Waals surface area contributed by atoms with Crippen LogP contribution in [0, 0.1) is 0 Å². The number of anilines is 3. The Morgan fingerprint density at radius 3 is 2.08 bits per heavy atom. The Balaban J connectivity index is 1.07. The molecule has 0 amide bonds. The third-order valence-corrected chi connectivity index (χ3v) is 10.9. The van der Waals surface area contributed by atoms with Crippen LogP contribution in [-0.4, -0.2) is 5.84 Å². The first kappa shape index (κ1) is 31.3. The molecule has 3 heterocycles. The first-order chi connectivity index (χ1) is 26.0. The zero-order chi connectivity index (χ0) is 35.5. The lowest BCUT2D eigenvalue weighted by molar-refractivity contribution is 0.488. The Morgan fingerprint density at radius 2 is 1.28 bits per heavy atom. The number of benzene rings is 7. The first-order valence-electron chi connectivity index (χ1n) is 18.2. The van der Waals surface area contributed by atoms with Crippen LogP contribution in [0.15, 0.2) is 179 Å². The monoisotopic (exact) mass is 685 g/mol. The van der Waals surface area contributed by atoms with Crippen molar-refractivity contribution in [1.82, 2.24) is 5.32 Å². The average molecular weight is 686 g/mol. The van der Waals surface area contributed by atoms with Crippen LogP contribution in [0.2, 0.25) is 0 Å². The highest BCUT2D eigenvalue weighted by atomic mass is 16.3. The molecule has 2 aliphatic rings. The van der Waals surface area contributed by atoms with Gasteiger partial charge in [-0.05, 0) is 75.8 Å². The van der Waals surface area contributed by atoms with Crippen molar-refractivity contribution in [2.24, 2.45) is 4.99 Å². The molecule has 0 spiro atoms. The number of rotatable bonds is 5. The quantitative estimate of drug-likeness (QED) is 0.196. The number of amidine groups is 1. The molecule has 2 atom stereocenters. The zero-order valence-corrected chi connectivity index (χ0v) is 29.6. The van der Waals surface area contributed by atoms with Gasteiger partial charge in [-0.1, -0.05) is 147 Å². The van der Waals surface area contributed by atoms with E-state index in [4.69, 9.17) is 14.7 Å². The number of hydrogen-bond acceptors (Lipinski definition) is 4. The number of fused-ring (bicyclic) bond motifs is 5. The predicted molar refractivity (Wildman–Crippen MR) is 217 cm³/mol. The summed E-state index contributed by atoms with van der Waals surface area (Å²) < 4.78 is 6.81. The Bertz CT molecular complexity index is 2660. The highest BCUT2D eigenvalue weighted by Gasteiger charge is 2.37. The van der Waals surface area contributed by atoms with Crippen molar-refractivity contribution in [2.45, 2.75) is 31.6 Å². The fourth-order valence-corrected chi connectivity index (χ4v) is 8.15. The molecule has 0 saturated heterocycles. The number of para-hydroxylation sites is 3. The Labute approximate surface area is 309 Å². The van der Waals surface area contributed by atoms with E-state index in [9.17, 15) is 0 Å². The van der Waals surface area contributed by atoms with Gasteiger partial charge in [0.1, 0.15) is 11.2 Å². The summed E-state index contributed by atoms with van der Waals surface area (Å²) in [6, 6.07) is 59.8. The lowest BCUT2D eigenvalue weighted by Gasteiger charge is -2.42. The van der Waals surface area contributed by atoms with Gasteiger partial charge in [-0.25, -0.2) is 0 Å². The van der Waals surface area contributed by atoms with Crippen molar-refractivity contribution in [2.75, 3.05) is 4.90 Å². The molecule has 256 valence electrons. The maximum Gasteiger partial charge on any atom is 0.143 e. The normalized spacial score (nSPS) is 17.5. The number of nitrogens with one attached hydrogen (secondary N) is 1. The second kappa shape index (κ2) is 12.4. The Hall–Kier alpha value is -6.43. The van der Waals surface area contributed by atoms with E-state index < -0.39 is 0 Å². The molecule has 53 heavy (non-hydrogen) atoms. The summed E-state index contributed by atoms with van der Waals surface area (Å²) in [5.41, 5.74) is 12.9. The number of aliphatic imine (C=N–C) groups is 1. The predicted octanol–water partition coefficient (Wildman–Crippen LogP) is 12.5. The molecule has 0 aliphatic carbocycles. The van der Waals surface area contributed by atoms with Gasteiger partial charge in [0, 0.05) is 39.8 Å².